The lowest BCUT2D eigenvalue weighted by atomic mass is 10.1. The summed E-state index contributed by atoms with van der Waals surface area (Å²) in [5.74, 6) is 0. The van der Waals surface area contributed by atoms with Crippen molar-refractivity contribution in [2.24, 2.45) is 12.8 Å². The van der Waals surface area contributed by atoms with Crippen LogP contribution in [0.1, 0.15) is 17.3 Å². The number of nitrogens with zero attached hydrogens (tertiary/aromatic N) is 2. The Morgan fingerprint density at radius 2 is 2.45 bits per heavy atom. The molecule has 11 heavy (non-hydrogen) atoms. The zero-order valence-corrected chi connectivity index (χ0v) is 6.78. The third-order valence-electron chi connectivity index (χ3n) is 1.65. The van der Waals surface area contributed by atoms with E-state index < -0.39 is 0 Å². The van der Waals surface area contributed by atoms with Gasteiger partial charge in [0.15, 0.2) is 0 Å². The number of aliphatic hydroxyl groups is 1. The van der Waals surface area contributed by atoms with Gasteiger partial charge in [-0.05, 0) is 6.92 Å². The molecule has 0 fully saturated rings. The van der Waals surface area contributed by atoms with Crippen LogP contribution in [0.25, 0.3) is 0 Å². The summed E-state index contributed by atoms with van der Waals surface area (Å²) in [6.07, 6.45) is 1.83. The minimum Gasteiger partial charge on any atom is -0.394 e. The lowest BCUT2D eigenvalue weighted by Crippen LogP contribution is -2.14. The van der Waals surface area contributed by atoms with E-state index in [1.54, 1.807) is 4.68 Å². The summed E-state index contributed by atoms with van der Waals surface area (Å²) < 4.78 is 1.69. The van der Waals surface area contributed by atoms with E-state index in [2.05, 4.69) is 5.10 Å². The molecule has 0 radical (unpaired) electrons. The minimum absolute atomic E-state index is 0.0352. The lowest BCUT2D eigenvalue weighted by Gasteiger charge is -2.04. The van der Waals surface area contributed by atoms with Gasteiger partial charge in [0.25, 0.3) is 0 Å². The molecule has 1 rings (SSSR count). The minimum atomic E-state index is -0.302. The Labute approximate surface area is 65.6 Å². The molecule has 62 valence electrons. The molecular formula is C7H13N3O. The maximum Gasteiger partial charge on any atom is 0.0642 e. The average Bonchev–Trinajstić information content (AvgIpc) is 2.28. The highest BCUT2D eigenvalue weighted by atomic mass is 16.3. The molecule has 1 atom stereocenters. The third-order valence-corrected chi connectivity index (χ3v) is 1.65. The predicted molar refractivity (Wildman–Crippen MR) is 42.0 cm³/mol. The van der Waals surface area contributed by atoms with Crippen molar-refractivity contribution >= 4 is 0 Å². The van der Waals surface area contributed by atoms with Crippen molar-refractivity contribution in [3.05, 3.63) is 17.5 Å². The van der Waals surface area contributed by atoms with Crippen molar-refractivity contribution in [2.75, 3.05) is 6.61 Å². The highest BCUT2D eigenvalue weighted by molar-refractivity contribution is 5.19. The van der Waals surface area contributed by atoms with E-state index in [9.17, 15) is 0 Å². The predicted octanol–water partition coefficient (Wildman–Crippen LogP) is -0.279. The quantitative estimate of drug-likeness (QED) is 0.617. The van der Waals surface area contributed by atoms with Crippen LogP contribution in [0.2, 0.25) is 0 Å². The van der Waals surface area contributed by atoms with Gasteiger partial charge in [-0.15, -0.1) is 0 Å². The molecule has 0 bridgehead atoms. The largest absolute Gasteiger partial charge is 0.394 e. The Kier molecular flexibility index (Phi) is 2.26. The molecule has 0 aromatic carbocycles. The summed E-state index contributed by atoms with van der Waals surface area (Å²) in [6.45, 7) is 1.84. The maximum absolute atomic E-state index is 8.76. The monoisotopic (exact) mass is 155 g/mol. The van der Waals surface area contributed by atoms with Crippen LogP contribution in [-0.4, -0.2) is 21.5 Å². The van der Waals surface area contributed by atoms with E-state index in [0.717, 1.165) is 11.3 Å². The zero-order chi connectivity index (χ0) is 8.43. The van der Waals surface area contributed by atoms with Gasteiger partial charge in [-0.3, -0.25) is 4.68 Å². The Hall–Kier alpha value is -0.870. The standard InChI is InChI=1S/C7H13N3O/c1-5-6(7(8)4-11)3-10(2)9-5/h3,7,11H,4,8H2,1-2H3/t7-/m0/s1. The first kappa shape index (κ1) is 8.23. The summed E-state index contributed by atoms with van der Waals surface area (Å²) in [5, 5.41) is 12.9. The fraction of sp³-hybridized carbons (Fsp3) is 0.571. The molecule has 0 aliphatic carbocycles. The molecule has 3 N–H and O–H groups in total. The topological polar surface area (TPSA) is 64.1 Å². The van der Waals surface area contributed by atoms with Crippen molar-refractivity contribution in [1.82, 2.24) is 9.78 Å². The number of aryl methyl sites for hydroxylation is 2. The molecule has 4 heteroatoms. The normalized spacial score (nSPS) is 13.5. The van der Waals surface area contributed by atoms with E-state index in [4.69, 9.17) is 10.8 Å². The Morgan fingerprint density at radius 1 is 1.82 bits per heavy atom. The van der Waals surface area contributed by atoms with Crippen molar-refractivity contribution < 1.29 is 5.11 Å². The lowest BCUT2D eigenvalue weighted by molar-refractivity contribution is 0.267. The van der Waals surface area contributed by atoms with Crippen molar-refractivity contribution in [1.29, 1.82) is 0 Å². The van der Waals surface area contributed by atoms with Crippen LogP contribution in [0, 0.1) is 6.92 Å². The first-order chi connectivity index (χ1) is 5.15. The molecule has 1 aromatic heterocycles. The van der Waals surface area contributed by atoms with Crippen LogP contribution in [0.5, 0.6) is 0 Å². The van der Waals surface area contributed by atoms with Gasteiger partial charge >= 0.3 is 0 Å². The number of rotatable bonds is 2. The van der Waals surface area contributed by atoms with Crippen LogP contribution in [0.4, 0.5) is 0 Å². The molecule has 0 amide bonds. The molecule has 0 unspecified atom stereocenters. The summed E-state index contributed by atoms with van der Waals surface area (Å²) in [6, 6.07) is -0.302. The molecule has 0 saturated heterocycles. The summed E-state index contributed by atoms with van der Waals surface area (Å²) in [5.41, 5.74) is 7.40. The molecule has 4 nitrogen and oxygen atoms in total. The van der Waals surface area contributed by atoms with Crippen LogP contribution in [-0.2, 0) is 7.05 Å². The summed E-state index contributed by atoms with van der Waals surface area (Å²) in [4.78, 5) is 0. The van der Waals surface area contributed by atoms with Gasteiger partial charge in [0.2, 0.25) is 0 Å². The van der Waals surface area contributed by atoms with E-state index >= 15 is 0 Å². The van der Waals surface area contributed by atoms with E-state index in [1.807, 2.05) is 20.2 Å². The van der Waals surface area contributed by atoms with Gasteiger partial charge in [-0.1, -0.05) is 0 Å². The maximum atomic E-state index is 8.76. The SMILES string of the molecule is Cc1nn(C)cc1[C@@H](N)CO. The Bertz CT molecular complexity index is 244. The Balaban J connectivity index is 2.93. The number of aliphatic hydroxyl groups excluding tert-OH is 1. The smallest absolute Gasteiger partial charge is 0.0642 e. The molecular weight excluding hydrogens is 142 g/mol. The number of nitrogens with two attached hydrogens (primary N) is 1. The fourth-order valence-electron chi connectivity index (χ4n) is 1.08. The fourth-order valence-corrected chi connectivity index (χ4v) is 1.08. The first-order valence-electron chi connectivity index (χ1n) is 3.51. The second-order valence-electron chi connectivity index (χ2n) is 2.63. The third kappa shape index (κ3) is 1.58. The van der Waals surface area contributed by atoms with Gasteiger partial charge in [0.1, 0.15) is 0 Å². The summed E-state index contributed by atoms with van der Waals surface area (Å²) in [7, 11) is 1.83. The van der Waals surface area contributed by atoms with Gasteiger partial charge in [0.05, 0.1) is 18.3 Å². The van der Waals surface area contributed by atoms with Crippen molar-refractivity contribution in [2.45, 2.75) is 13.0 Å². The van der Waals surface area contributed by atoms with E-state index in [0.29, 0.717) is 0 Å². The highest BCUT2D eigenvalue weighted by Crippen LogP contribution is 2.12. The first-order valence-corrected chi connectivity index (χ1v) is 3.51. The summed E-state index contributed by atoms with van der Waals surface area (Å²) >= 11 is 0. The van der Waals surface area contributed by atoms with E-state index in [1.165, 1.54) is 0 Å². The second kappa shape index (κ2) is 3.02. The highest BCUT2D eigenvalue weighted by Gasteiger charge is 2.09. The molecule has 0 aliphatic rings. The molecule has 0 aliphatic heterocycles. The second-order valence-corrected chi connectivity index (χ2v) is 2.63. The molecule has 0 spiro atoms. The van der Waals surface area contributed by atoms with Crippen LogP contribution in [0.3, 0.4) is 0 Å². The molecule has 0 saturated carbocycles. The Morgan fingerprint density at radius 3 is 2.82 bits per heavy atom. The van der Waals surface area contributed by atoms with Gasteiger partial charge in [0, 0.05) is 18.8 Å². The van der Waals surface area contributed by atoms with Crippen LogP contribution < -0.4 is 5.73 Å². The average molecular weight is 155 g/mol. The zero-order valence-electron chi connectivity index (χ0n) is 6.78. The van der Waals surface area contributed by atoms with Crippen molar-refractivity contribution in [3.63, 3.8) is 0 Å². The van der Waals surface area contributed by atoms with Crippen LogP contribution in [0.15, 0.2) is 6.20 Å². The van der Waals surface area contributed by atoms with Gasteiger partial charge in [-0.2, -0.15) is 5.10 Å². The van der Waals surface area contributed by atoms with Crippen LogP contribution >= 0.6 is 0 Å². The van der Waals surface area contributed by atoms with Crippen molar-refractivity contribution in [3.8, 4) is 0 Å². The van der Waals surface area contributed by atoms with Gasteiger partial charge < -0.3 is 10.8 Å². The number of aromatic nitrogens is 2. The van der Waals surface area contributed by atoms with E-state index in [-0.39, 0.29) is 12.6 Å². The molecule has 1 heterocycles. The number of hydrogen-bond donors (Lipinski definition) is 2. The molecule has 1 aromatic rings. The van der Waals surface area contributed by atoms with Gasteiger partial charge in [-0.25, -0.2) is 0 Å². The number of hydrogen-bond acceptors (Lipinski definition) is 3.